The number of hydrogen-bond donors (Lipinski definition) is 2. The van der Waals surface area contributed by atoms with E-state index in [0.29, 0.717) is 10.3 Å². The fourth-order valence-corrected chi connectivity index (χ4v) is 4.19. The van der Waals surface area contributed by atoms with Crippen LogP contribution in [0.15, 0.2) is 34.7 Å². The number of nitrogens with zero attached hydrogens (tertiary/aromatic N) is 1. The lowest BCUT2D eigenvalue weighted by atomic mass is 10.1. The molecule has 22 heavy (non-hydrogen) atoms. The van der Waals surface area contributed by atoms with Crippen LogP contribution < -0.4 is 10.0 Å². The predicted octanol–water partition coefficient (Wildman–Crippen LogP) is 4.06. The van der Waals surface area contributed by atoms with Gasteiger partial charge < -0.3 is 5.32 Å². The summed E-state index contributed by atoms with van der Waals surface area (Å²) in [6.45, 7) is 5.18. The molecule has 0 aromatic carbocycles. The van der Waals surface area contributed by atoms with Gasteiger partial charge in [-0.3, -0.25) is 4.72 Å². The van der Waals surface area contributed by atoms with Crippen molar-refractivity contribution in [1.29, 1.82) is 0 Å². The lowest BCUT2D eigenvalue weighted by Crippen LogP contribution is -2.12. The number of rotatable bonds is 7. The first-order valence-electron chi connectivity index (χ1n) is 6.85. The van der Waals surface area contributed by atoms with E-state index in [1.165, 1.54) is 6.07 Å². The molecule has 2 rings (SSSR count). The zero-order chi connectivity index (χ0) is 16.2. The molecule has 0 fully saturated rings. The van der Waals surface area contributed by atoms with E-state index in [2.05, 4.69) is 28.9 Å². The summed E-state index contributed by atoms with van der Waals surface area (Å²) >= 11 is 6.77. The van der Waals surface area contributed by atoms with Gasteiger partial charge in [-0.1, -0.05) is 25.4 Å². The molecule has 0 unspecified atom stereocenters. The number of halogens is 1. The SMILES string of the molecule is CC(C)CCNc1ccc(NS(=O)(=O)c2ccc(Cl)s2)nc1. The number of aromatic nitrogens is 1. The molecule has 120 valence electrons. The average molecular weight is 360 g/mol. The molecular weight excluding hydrogens is 342 g/mol. The number of sulfonamides is 1. The van der Waals surface area contributed by atoms with E-state index in [-0.39, 0.29) is 10.0 Å². The van der Waals surface area contributed by atoms with Crippen LogP contribution in [0.5, 0.6) is 0 Å². The minimum absolute atomic E-state index is 0.165. The van der Waals surface area contributed by atoms with Crippen molar-refractivity contribution in [2.75, 3.05) is 16.6 Å². The Hall–Kier alpha value is -1.31. The van der Waals surface area contributed by atoms with Crippen LogP contribution in [0.25, 0.3) is 0 Å². The Bertz CT molecular complexity index is 712. The largest absolute Gasteiger partial charge is 0.384 e. The number of nitrogens with one attached hydrogen (secondary N) is 2. The van der Waals surface area contributed by atoms with Gasteiger partial charge in [-0.05, 0) is 36.6 Å². The van der Waals surface area contributed by atoms with E-state index < -0.39 is 10.0 Å². The summed E-state index contributed by atoms with van der Waals surface area (Å²) in [5.74, 6) is 0.906. The molecule has 0 bridgehead atoms. The lowest BCUT2D eigenvalue weighted by Gasteiger charge is -2.09. The van der Waals surface area contributed by atoms with E-state index in [1.807, 2.05) is 0 Å². The minimum Gasteiger partial charge on any atom is -0.384 e. The van der Waals surface area contributed by atoms with Crippen LogP contribution in [0.1, 0.15) is 20.3 Å². The van der Waals surface area contributed by atoms with Crippen molar-refractivity contribution in [2.24, 2.45) is 5.92 Å². The molecule has 0 radical (unpaired) electrons. The molecule has 0 saturated heterocycles. The summed E-state index contributed by atoms with van der Waals surface area (Å²) in [5, 5.41) is 3.25. The maximum absolute atomic E-state index is 12.1. The van der Waals surface area contributed by atoms with Crippen molar-refractivity contribution in [3.05, 3.63) is 34.8 Å². The van der Waals surface area contributed by atoms with Crippen LogP contribution in [0.3, 0.4) is 0 Å². The second-order valence-electron chi connectivity index (χ2n) is 5.21. The molecule has 0 spiro atoms. The topological polar surface area (TPSA) is 71.1 Å². The van der Waals surface area contributed by atoms with E-state index in [4.69, 9.17) is 11.6 Å². The smallest absolute Gasteiger partial charge is 0.272 e. The number of pyridine rings is 1. The molecular formula is C14H18ClN3O2S2. The van der Waals surface area contributed by atoms with Gasteiger partial charge in [0.25, 0.3) is 10.0 Å². The van der Waals surface area contributed by atoms with Gasteiger partial charge in [-0.15, -0.1) is 11.3 Å². The summed E-state index contributed by atoms with van der Waals surface area (Å²) in [4.78, 5) is 4.11. The fraction of sp³-hybridized carbons (Fsp3) is 0.357. The summed E-state index contributed by atoms with van der Waals surface area (Å²) in [6, 6.07) is 6.45. The van der Waals surface area contributed by atoms with Crippen LogP contribution in [-0.2, 0) is 10.0 Å². The minimum atomic E-state index is -3.63. The molecule has 0 aliphatic carbocycles. The number of hydrogen-bond acceptors (Lipinski definition) is 5. The van der Waals surface area contributed by atoms with Crippen LogP contribution in [-0.4, -0.2) is 19.9 Å². The molecule has 0 aliphatic rings. The van der Waals surface area contributed by atoms with Gasteiger partial charge in [0.15, 0.2) is 0 Å². The Morgan fingerprint density at radius 3 is 2.59 bits per heavy atom. The van der Waals surface area contributed by atoms with Crippen molar-refractivity contribution < 1.29 is 8.42 Å². The third kappa shape index (κ3) is 4.86. The molecule has 2 N–H and O–H groups in total. The van der Waals surface area contributed by atoms with Gasteiger partial charge in [0.1, 0.15) is 10.0 Å². The zero-order valence-corrected chi connectivity index (χ0v) is 14.7. The van der Waals surface area contributed by atoms with Crippen LogP contribution in [0.4, 0.5) is 11.5 Å². The first-order valence-corrected chi connectivity index (χ1v) is 9.52. The van der Waals surface area contributed by atoms with Crippen molar-refractivity contribution in [1.82, 2.24) is 4.98 Å². The molecule has 2 aromatic rings. The van der Waals surface area contributed by atoms with Gasteiger partial charge in [0.05, 0.1) is 16.2 Å². The van der Waals surface area contributed by atoms with E-state index in [1.54, 1.807) is 24.4 Å². The van der Waals surface area contributed by atoms with Crippen LogP contribution in [0.2, 0.25) is 4.34 Å². The molecule has 5 nitrogen and oxygen atoms in total. The Labute approximate surface area is 139 Å². The summed E-state index contributed by atoms with van der Waals surface area (Å²) in [6.07, 6.45) is 2.67. The highest BCUT2D eigenvalue weighted by Gasteiger charge is 2.17. The Kier molecular flexibility index (Phi) is 5.66. The highest BCUT2D eigenvalue weighted by molar-refractivity contribution is 7.94. The van der Waals surface area contributed by atoms with E-state index >= 15 is 0 Å². The normalized spacial score (nSPS) is 11.6. The standard InChI is InChI=1S/C14H18ClN3O2S2/c1-10(2)7-8-16-11-3-5-13(17-9-11)18-22(19,20)14-6-4-12(15)21-14/h3-6,9-10,16H,7-8H2,1-2H3,(H,17,18). The molecule has 2 aromatic heterocycles. The Balaban J connectivity index is 1.99. The van der Waals surface area contributed by atoms with E-state index in [0.717, 1.165) is 30.0 Å². The van der Waals surface area contributed by atoms with Crippen LogP contribution in [0, 0.1) is 5.92 Å². The maximum atomic E-state index is 12.1. The average Bonchev–Trinajstić information content (AvgIpc) is 2.88. The third-order valence-corrected chi connectivity index (χ3v) is 5.94. The predicted molar refractivity (Wildman–Crippen MR) is 92.3 cm³/mol. The quantitative estimate of drug-likeness (QED) is 0.782. The fourth-order valence-electron chi connectivity index (χ4n) is 1.69. The van der Waals surface area contributed by atoms with Crippen molar-refractivity contribution in [2.45, 2.75) is 24.5 Å². The van der Waals surface area contributed by atoms with Crippen molar-refractivity contribution in [3.63, 3.8) is 0 Å². The molecule has 0 aliphatic heterocycles. The Morgan fingerprint density at radius 2 is 2.05 bits per heavy atom. The van der Waals surface area contributed by atoms with Gasteiger partial charge in [0.2, 0.25) is 0 Å². The zero-order valence-electron chi connectivity index (χ0n) is 12.3. The first-order chi connectivity index (χ1) is 10.4. The summed E-state index contributed by atoms with van der Waals surface area (Å²) in [7, 11) is -3.63. The van der Waals surface area contributed by atoms with Gasteiger partial charge in [-0.2, -0.15) is 0 Å². The highest BCUT2D eigenvalue weighted by Crippen LogP contribution is 2.27. The van der Waals surface area contributed by atoms with Crippen molar-refractivity contribution >= 4 is 44.5 Å². The molecule has 8 heteroatoms. The monoisotopic (exact) mass is 359 g/mol. The summed E-state index contributed by atoms with van der Waals surface area (Å²) < 4.78 is 27.3. The van der Waals surface area contributed by atoms with Gasteiger partial charge >= 0.3 is 0 Å². The first kappa shape index (κ1) is 17.1. The Morgan fingerprint density at radius 1 is 1.27 bits per heavy atom. The van der Waals surface area contributed by atoms with Gasteiger partial charge in [0, 0.05) is 6.54 Å². The van der Waals surface area contributed by atoms with Crippen molar-refractivity contribution in [3.8, 4) is 0 Å². The molecule has 0 atom stereocenters. The summed E-state index contributed by atoms with van der Waals surface area (Å²) in [5.41, 5.74) is 0.864. The van der Waals surface area contributed by atoms with Gasteiger partial charge in [-0.25, -0.2) is 13.4 Å². The third-order valence-electron chi connectivity index (χ3n) is 2.87. The second kappa shape index (κ2) is 7.30. The molecule has 0 saturated carbocycles. The second-order valence-corrected chi connectivity index (χ2v) is 8.83. The van der Waals surface area contributed by atoms with Crippen LogP contribution >= 0.6 is 22.9 Å². The number of anilines is 2. The maximum Gasteiger partial charge on any atom is 0.272 e. The van der Waals surface area contributed by atoms with E-state index in [9.17, 15) is 8.42 Å². The lowest BCUT2D eigenvalue weighted by molar-refractivity contribution is 0.603. The highest BCUT2D eigenvalue weighted by atomic mass is 35.5. The molecule has 2 heterocycles. The molecule has 0 amide bonds. The number of thiophene rings is 1.